The Bertz CT molecular complexity index is 463. The van der Waals surface area contributed by atoms with E-state index in [0.29, 0.717) is 0 Å². The molecule has 0 aliphatic carbocycles. The van der Waals surface area contributed by atoms with Crippen molar-refractivity contribution in [2.24, 2.45) is 5.92 Å². The van der Waals surface area contributed by atoms with Gasteiger partial charge in [-0.25, -0.2) is 0 Å². The molecule has 1 heterocycles. The number of hydrogen-bond donors (Lipinski definition) is 1. The summed E-state index contributed by atoms with van der Waals surface area (Å²) >= 11 is 0. The van der Waals surface area contributed by atoms with Crippen molar-refractivity contribution in [1.29, 1.82) is 0 Å². The van der Waals surface area contributed by atoms with E-state index < -0.39 is 16.4 Å². The van der Waals surface area contributed by atoms with Gasteiger partial charge in [0.15, 0.2) is 8.32 Å². The maximum atomic E-state index is 11.9. The third kappa shape index (κ3) is 4.70. The van der Waals surface area contributed by atoms with E-state index >= 15 is 0 Å². The van der Waals surface area contributed by atoms with Crippen LogP contribution in [0, 0.1) is 17.4 Å². The Morgan fingerprint density at radius 2 is 1.71 bits per heavy atom. The second-order valence-electron chi connectivity index (χ2n) is 8.61. The van der Waals surface area contributed by atoms with Crippen LogP contribution in [0.25, 0.3) is 0 Å². The molecular weight excluding hydrogens is 294 g/mol. The summed E-state index contributed by atoms with van der Waals surface area (Å²) < 4.78 is 6.36. The molecule has 1 saturated heterocycles. The van der Waals surface area contributed by atoms with E-state index in [2.05, 4.69) is 70.3 Å². The number of rotatable bonds is 3. The van der Waals surface area contributed by atoms with E-state index in [1.54, 1.807) is 0 Å². The zero-order chi connectivity index (χ0) is 16.6. The Labute approximate surface area is 132 Å². The van der Waals surface area contributed by atoms with E-state index in [1.165, 1.54) is 0 Å². The van der Waals surface area contributed by atoms with Crippen molar-refractivity contribution in [3.63, 3.8) is 0 Å². The first-order valence-corrected chi connectivity index (χ1v) is 14.2. The summed E-state index contributed by atoms with van der Waals surface area (Å²) in [6.07, 6.45) is -0.0689. The van der Waals surface area contributed by atoms with Crippen molar-refractivity contribution >= 4 is 22.3 Å². The number of hydrogen-bond acceptors (Lipinski definition) is 2. The van der Waals surface area contributed by atoms with Crippen LogP contribution in [0.4, 0.5) is 0 Å². The topological polar surface area (TPSA) is 38.3 Å². The number of carbonyl (C=O) groups is 1. The van der Waals surface area contributed by atoms with E-state index in [1.807, 2.05) is 6.92 Å². The fourth-order valence-corrected chi connectivity index (χ4v) is 4.03. The van der Waals surface area contributed by atoms with Gasteiger partial charge in [0.25, 0.3) is 0 Å². The van der Waals surface area contributed by atoms with Crippen LogP contribution in [-0.4, -0.2) is 34.4 Å². The minimum Gasteiger partial charge on any atom is -0.413 e. The Balaban J connectivity index is 2.79. The zero-order valence-corrected chi connectivity index (χ0v) is 17.0. The van der Waals surface area contributed by atoms with Crippen molar-refractivity contribution < 1.29 is 9.22 Å². The van der Waals surface area contributed by atoms with E-state index in [9.17, 15) is 4.79 Å². The molecule has 120 valence electrons. The summed E-state index contributed by atoms with van der Waals surface area (Å²) in [5, 5.41) is 3.07. The number of amides is 1. The monoisotopic (exact) mass is 325 g/mol. The molecule has 5 heteroatoms. The normalized spacial score (nSPS) is 24.5. The van der Waals surface area contributed by atoms with Crippen molar-refractivity contribution in [2.45, 2.75) is 77.6 Å². The highest BCUT2D eigenvalue weighted by Crippen LogP contribution is 2.38. The second-order valence-corrected chi connectivity index (χ2v) is 18.1. The van der Waals surface area contributed by atoms with Gasteiger partial charge in [-0.15, -0.1) is 5.54 Å². The molecule has 1 fully saturated rings. The van der Waals surface area contributed by atoms with Crippen LogP contribution in [0.5, 0.6) is 0 Å². The van der Waals surface area contributed by atoms with Crippen LogP contribution < -0.4 is 5.32 Å². The highest BCUT2D eigenvalue weighted by atomic mass is 28.4. The molecule has 1 N–H and O–H groups in total. The summed E-state index contributed by atoms with van der Waals surface area (Å²) in [7, 11) is -3.26. The zero-order valence-electron chi connectivity index (χ0n) is 15.0. The first-order chi connectivity index (χ1) is 9.24. The lowest BCUT2D eigenvalue weighted by Crippen LogP contribution is -2.63. The molecule has 3 atom stereocenters. The van der Waals surface area contributed by atoms with E-state index in [-0.39, 0.29) is 29.0 Å². The van der Waals surface area contributed by atoms with Gasteiger partial charge in [-0.3, -0.25) is 4.79 Å². The summed E-state index contributed by atoms with van der Waals surface area (Å²) in [5.74, 6) is 3.22. The highest BCUT2D eigenvalue weighted by molar-refractivity contribution is 6.83. The minimum absolute atomic E-state index is 0.0380. The quantitative estimate of drug-likeness (QED) is 0.491. The van der Waals surface area contributed by atoms with Crippen molar-refractivity contribution in [3.05, 3.63) is 0 Å². The van der Waals surface area contributed by atoms with Gasteiger partial charge in [0.1, 0.15) is 14.1 Å². The van der Waals surface area contributed by atoms with Crippen LogP contribution in [-0.2, 0) is 9.22 Å². The van der Waals surface area contributed by atoms with Gasteiger partial charge < -0.3 is 9.74 Å². The molecule has 1 aliphatic rings. The molecule has 0 aromatic carbocycles. The van der Waals surface area contributed by atoms with E-state index in [0.717, 1.165) is 0 Å². The number of carbonyl (C=O) groups excluding carboxylic acids is 1. The minimum atomic E-state index is -1.85. The van der Waals surface area contributed by atoms with Gasteiger partial charge in [0, 0.05) is 0 Å². The lowest BCUT2D eigenvalue weighted by molar-refractivity contribution is -0.137. The van der Waals surface area contributed by atoms with Crippen LogP contribution >= 0.6 is 0 Å². The van der Waals surface area contributed by atoms with Gasteiger partial charge in [-0.2, -0.15) is 0 Å². The number of nitrogens with one attached hydrogen (secondary N) is 1. The predicted molar refractivity (Wildman–Crippen MR) is 94.3 cm³/mol. The SMILES string of the molecule is CC(O[Si](C)(C)C(C)(C)C)C1C(=O)NC1C#C[Si](C)(C)C. The van der Waals surface area contributed by atoms with Crippen molar-refractivity contribution in [3.8, 4) is 11.5 Å². The van der Waals surface area contributed by atoms with Gasteiger partial charge >= 0.3 is 0 Å². The second kappa shape index (κ2) is 5.90. The molecule has 21 heavy (non-hydrogen) atoms. The Morgan fingerprint density at radius 1 is 1.19 bits per heavy atom. The molecule has 1 aliphatic heterocycles. The molecular formula is C16H31NO2Si2. The molecule has 1 rings (SSSR count). The lowest BCUT2D eigenvalue weighted by Gasteiger charge is -2.44. The van der Waals surface area contributed by atoms with Crippen LogP contribution in [0.2, 0.25) is 37.8 Å². The van der Waals surface area contributed by atoms with Crippen molar-refractivity contribution in [2.75, 3.05) is 0 Å². The first kappa shape index (κ1) is 18.5. The summed E-state index contributed by atoms with van der Waals surface area (Å²) in [4.78, 5) is 11.9. The standard InChI is InChI=1S/C16H31NO2Si2/c1-12(19-21(8,9)16(2,3)4)14-13(17-15(14)18)10-11-20(5,6)7/h12-14H,1-9H3,(H,17,18). The maximum Gasteiger partial charge on any atom is 0.229 e. The smallest absolute Gasteiger partial charge is 0.229 e. The average Bonchev–Trinajstić information content (AvgIpc) is 2.19. The Morgan fingerprint density at radius 3 is 2.10 bits per heavy atom. The largest absolute Gasteiger partial charge is 0.413 e. The summed E-state index contributed by atoms with van der Waals surface area (Å²) in [6.45, 7) is 19.8. The third-order valence-corrected chi connectivity index (χ3v) is 9.82. The van der Waals surface area contributed by atoms with Crippen LogP contribution in [0.1, 0.15) is 27.7 Å². The van der Waals surface area contributed by atoms with Crippen molar-refractivity contribution in [1.82, 2.24) is 5.32 Å². The lowest BCUT2D eigenvalue weighted by atomic mass is 9.87. The fourth-order valence-electron chi connectivity index (χ4n) is 2.01. The first-order valence-electron chi connectivity index (χ1n) is 7.75. The molecule has 1 amide bonds. The predicted octanol–water partition coefficient (Wildman–Crippen LogP) is 3.39. The molecule has 3 nitrogen and oxygen atoms in total. The van der Waals surface area contributed by atoms with Gasteiger partial charge in [0.05, 0.1) is 12.0 Å². The highest BCUT2D eigenvalue weighted by Gasteiger charge is 2.46. The summed E-state index contributed by atoms with van der Waals surface area (Å²) in [6, 6.07) is -0.0380. The van der Waals surface area contributed by atoms with Gasteiger partial charge in [-0.05, 0) is 25.1 Å². The summed E-state index contributed by atoms with van der Waals surface area (Å²) in [5.41, 5.74) is 3.35. The maximum absolute atomic E-state index is 11.9. The van der Waals surface area contributed by atoms with Gasteiger partial charge in [-0.1, -0.05) is 46.3 Å². The fraction of sp³-hybridized carbons (Fsp3) is 0.812. The number of β-lactam (4-membered cyclic amide) rings is 1. The molecule has 0 aromatic heterocycles. The molecule has 0 spiro atoms. The Kier molecular flexibility index (Phi) is 5.19. The molecule has 0 bridgehead atoms. The molecule has 3 unspecified atom stereocenters. The van der Waals surface area contributed by atoms with E-state index in [4.69, 9.17) is 4.43 Å². The molecule has 0 saturated carbocycles. The third-order valence-electron chi connectivity index (χ3n) is 4.35. The molecule has 0 aromatic rings. The van der Waals surface area contributed by atoms with Crippen LogP contribution in [0.15, 0.2) is 0 Å². The van der Waals surface area contributed by atoms with Gasteiger partial charge in [0.2, 0.25) is 5.91 Å². The Hall–Kier alpha value is -0.576. The molecule has 0 radical (unpaired) electrons. The average molecular weight is 326 g/mol. The van der Waals surface area contributed by atoms with Crippen LogP contribution in [0.3, 0.4) is 0 Å².